The zero-order chi connectivity index (χ0) is 30.3. The smallest absolute Gasteiger partial charge is 0.282 e. The maximum absolute atomic E-state index is 13.8. The maximum atomic E-state index is 13.8. The summed E-state index contributed by atoms with van der Waals surface area (Å²) in [5, 5.41) is 7.89. The normalized spacial score (nSPS) is 11.3. The van der Waals surface area contributed by atoms with Gasteiger partial charge in [0, 0.05) is 11.3 Å². The number of carbonyl (C=O) groups is 1. The molecule has 0 atom stereocenters. The monoisotopic (exact) mass is 574 g/mol. The van der Waals surface area contributed by atoms with Gasteiger partial charge in [-0.15, -0.1) is 0 Å². The third-order valence-electron chi connectivity index (χ3n) is 6.88. The van der Waals surface area contributed by atoms with Gasteiger partial charge >= 0.3 is 0 Å². The van der Waals surface area contributed by atoms with E-state index in [-0.39, 0.29) is 24.0 Å². The molecule has 1 N–H and O–H groups in total. The summed E-state index contributed by atoms with van der Waals surface area (Å²) in [5.74, 6) is 1.69. The van der Waals surface area contributed by atoms with E-state index in [1.165, 1.54) is 4.68 Å². The van der Waals surface area contributed by atoms with Gasteiger partial charge in [0.2, 0.25) is 0 Å². The van der Waals surface area contributed by atoms with Gasteiger partial charge in [0.15, 0.2) is 12.4 Å². The Balaban J connectivity index is 1.48. The Morgan fingerprint density at radius 2 is 1.74 bits per heavy atom. The number of anilines is 1. The summed E-state index contributed by atoms with van der Waals surface area (Å²) in [6.45, 7) is 8.56. The molecule has 0 bridgehead atoms. The average molecular weight is 575 g/mol. The molecule has 0 aliphatic carbocycles. The number of amides is 1. The van der Waals surface area contributed by atoms with Crippen LogP contribution in [0.2, 0.25) is 0 Å². The van der Waals surface area contributed by atoms with Crippen molar-refractivity contribution in [1.82, 2.24) is 9.66 Å². The minimum absolute atomic E-state index is 0.150. The standard InChI is InChI=1S/C35H34N4O4/c1-5-42-32-18-24(4)30(20-29(32)23(2)3)34-38-31-17-10-9-16-28(31)35(41)39(34)36-21-25-12-11-15-27(19-25)43-22-33(40)37-26-13-7-6-8-14-26/h6-21,23H,5,22H2,1-4H3,(H,37,40). The molecule has 218 valence electrons. The van der Waals surface area contributed by atoms with Crippen LogP contribution in [0.4, 0.5) is 5.69 Å². The quantitative estimate of drug-likeness (QED) is 0.185. The second-order valence-electron chi connectivity index (χ2n) is 10.4. The van der Waals surface area contributed by atoms with Crippen LogP contribution >= 0.6 is 0 Å². The zero-order valence-corrected chi connectivity index (χ0v) is 24.7. The van der Waals surface area contributed by atoms with Gasteiger partial charge in [0.1, 0.15) is 11.5 Å². The lowest BCUT2D eigenvalue weighted by Gasteiger charge is -2.18. The van der Waals surface area contributed by atoms with E-state index in [9.17, 15) is 9.59 Å². The van der Waals surface area contributed by atoms with Crippen LogP contribution in [-0.4, -0.2) is 35.0 Å². The molecule has 8 heteroatoms. The van der Waals surface area contributed by atoms with Crippen LogP contribution in [0.1, 0.15) is 43.4 Å². The number of aromatic nitrogens is 2. The largest absolute Gasteiger partial charge is 0.494 e. The molecule has 0 saturated carbocycles. The molecule has 0 unspecified atom stereocenters. The third kappa shape index (κ3) is 6.81. The first-order valence-electron chi connectivity index (χ1n) is 14.3. The number of carbonyl (C=O) groups excluding carboxylic acids is 1. The summed E-state index contributed by atoms with van der Waals surface area (Å²) in [5.41, 5.74) is 4.46. The average Bonchev–Trinajstić information content (AvgIpc) is 3.00. The van der Waals surface area contributed by atoms with Crippen molar-refractivity contribution >= 4 is 28.7 Å². The number of hydrogen-bond acceptors (Lipinski definition) is 6. The van der Waals surface area contributed by atoms with Crippen molar-refractivity contribution in [1.29, 1.82) is 0 Å². The van der Waals surface area contributed by atoms with E-state index in [0.29, 0.717) is 40.3 Å². The predicted molar refractivity (Wildman–Crippen MR) is 171 cm³/mol. The van der Waals surface area contributed by atoms with Crippen molar-refractivity contribution in [2.45, 2.75) is 33.6 Å². The van der Waals surface area contributed by atoms with Crippen LogP contribution in [0.25, 0.3) is 22.3 Å². The molecule has 4 aromatic carbocycles. The number of ether oxygens (including phenoxy) is 2. The van der Waals surface area contributed by atoms with Gasteiger partial charge < -0.3 is 14.8 Å². The number of rotatable bonds is 10. The predicted octanol–water partition coefficient (Wildman–Crippen LogP) is 6.79. The van der Waals surface area contributed by atoms with Crippen LogP contribution in [0, 0.1) is 6.92 Å². The zero-order valence-electron chi connectivity index (χ0n) is 24.7. The number of aryl methyl sites for hydroxylation is 1. The van der Waals surface area contributed by atoms with E-state index in [1.54, 1.807) is 30.5 Å². The SMILES string of the molecule is CCOc1cc(C)c(-c2nc3ccccc3c(=O)n2N=Cc2cccc(OCC(=O)Nc3ccccc3)c2)cc1C(C)C. The molecule has 0 radical (unpaired) electrons. The summed E-state index contributed by atoms with van der Waals surface area (Å²) in [6.07, 6.45) is 1.59. The molecule has 0 aliphatic rings. The lowest BCUT2D eigenvalue weighted by atomic mass is 9.96. The topological polar surface area (TPSA) is 94.8 Å². The van der Waals surface area contributed by atoms with Gasteiger partial charge in [0.05, 0.1) is 23.7 Å². The number of benzene rings is 4. The molecule has 5 rings (SSSR count). The Morgan fingerprint density at radius 3 is 2.51 bits per heavy atom. The van der Waals surface area contributed by atoms with Crippen molar-refractivity contribution in [2.75, 3.05) is 18.5 Å². The lowest BCUT2D eigenvalue weighted by molar-refractivity contribution is -0.118. The molecule has 5 aromatic rings. The van der Waals surface area contributed by atoms with Crippen LogP contribution in [0.15, 0.2) is 101 Å². The highest BCUT2D eigenvalue weighted by Crippen LogP contribution is 2.34. The van der Waals surface area contributed by atoms with E-state index in [1.807, 2.05) is 80.6 Å². The molecule has 0 spiro atoms. The summed E-state index contributed by atoms with van der Waals surface area (Å²) in [4.78, 5) is 31.0. The number of nitrogens with zero attached hydrogens (tertiary/aromatic N) is 3. The summed E-state index contributed by atoms with van der Waals surface area (Å²) < 4.78 is 13.0. The van der Waals surface area contributed by atoms with Gasteiger partial charge in [-0.05, 0) is 85.0 Å². The van der Waals surface area contributed by atoms with Crippen molar-refractivity contribution < 1.29 is 14.3 Å². The van der Waals surface area contributed by atoms with E-state index in [2.05, 4.69) is 24.3 Å². The third-order valence-corrected chi connectivity index (χ3v) is 6.88. The highest BCUT2D eigenvalue weighted by atomic mass is 16.5. The Labute approximate surface area is 250 Å². The van der Waals surface area contributed by atoms with Crippen molar-refractivity contribution in [3.05, 3.63) is 118 Å². The molecule has 0 fully saturated rings. The molecule has 1 heterocycles. The molecular formula is C35H34N4O4. The molecule has 43 heavy (non-hydrogen) atoms. The van der Waals surface area contributed by atoms with Crippen LogP contribution in [0.3, 0.4) is 0 Å². The first-order valence-corrected chi connectivity index (χ1v) is 14.3. The Morgan fingerprint density at radius 1 is 0.977 bits per heavy atom. The minimum atomic E-state index is -0.277. The van der Waals surface area contributed by atoms with Crippen LogP contribution in [-0.2, 0) is 4.79 Å². The lowest BCUT2D eigenvalue weighted by Crippen LogP contribution is -2.21. The van der Waals surface area contributed by atoms with Gasteiger partial charge in [-0.25, -0.2) is 4.98 Å². The summed E-state index contributed by atoms with van der Waals surface area (Å²) in [7, 11) is 0. The highest BCUT2D eigenvalue weighted by molar-refractivity contribution is 5.92. The Bertz CT molecular complexity index is 1850. The van der Waals surface area contributed by atoms with Gasteiger partial charge in [-0.1, -0.05) is 56.3 Å². The van der Waals surface area contributed by atoms with Gasteiger partial charge in [-0.2, -0.15) is 9.78 Å². The molecule has 1 aromatic heterocycles. The minimum Gasteiger partial charge on any atom is -0.494 e. The second-order valence-corrected chi connectivity index (χ2v) is 10.4. The Hall–Kier alpha value is -5.24. The first kappa shape index (κ1) is 29.3. The fourth-order valence-electron chi connectivity index (χ4n) is 4.75. The molecule has 0 saturated heterocycles. The van der Waals surface area contributed by atoms with Gasteiger partial charge in [0.25, 0.3) is 11.5 Å². The van der Waals surface area contributed by atoms with E-state index < -0.39 is 0 Å². The van der Waals surface area contributed by atoms with Crippen molar-refractivity contribution in [3.63, 3.8) is 0 Å². The summed E-state index contributed by atoms with van der Waals surface area (Å²) >= 11 is 0. The highest BCUT2D eigenvalue weighted by Gasteiger charge is 2.18. The molecule has 8 nitrogen and oxygen atoms in total. The van der Waals surface area contributed by atoms with Crippen LogP contribution in [0.5, 0.6) is 11.5 Å². The fraction of sp³-hybridized carbons (Fsp3) is 0.200. The number of hydrogen-bond donors (Lipinski definition) is 1. The maximum Gasteiger partial charge on any atom is 0.282 e. The van der Waals surface area contributed by atoms with E-state index in [0.717, 1.165) is 22.4 Å². The van der Waals surface area contributed by atoms with E-state index >= 15 is 0 Å². The van der Waals surface area contributed by atoms with Crippen LogP contribution < -0.4 is 20.3 Å². The van der Waals surface area contributed by atoms with E-state index in [4.69, 9.17) is 14.5 Å². The molecule has 0 aliphatic heterocycles. The summed E-state index contributed by atoms with van der Waals surface area (Å²) in [6, 6.07) is 27.7. The number of fused-ring (bicyclic) bond motifs is 1. The van der Waals surface area contributed by atoms with Gasteiger partial charge in [-0.3, -0.25) is 9.59 Å². The Kier molecular flexibility index (Phi) is 8.96. The molecular weight excluding hydrogens is 540 g/mol. The number of para-hydroxylation sites is 2. The molecule has 1 amide bonds. The number of nitrogens with one attached hydrogen (secondary N) is 1. The first-order chi connectivity index (χ1) is 20.8. The second kappa shape index (κ2) is 13.2. The van der Waals surface area contributed by atoms with Crippen molar-refractivity contribution in [3.8, 4) is 22.9 Å². The van der Waals surface area contributed by atoms with Crippen molar-refractivity contribution in [2.24, 2.45) is 5.10 Å². The fourth-order valence-corrected chi connectivity index (χ4v) is 4.75.